The van der Waals surface area contributed by atoms with Crippen molar-refractivity contribution in [3.8, 4) is 17.4 Å². The minimum absolute atomic E-state index is 0.0380. The molecule has 2 aromatic rings. The minimum atomic E-state index is -4.03. The molecule has 294 valence electrons. The highest BCUT2D eigenvalue weighted by molar-refractivity contribution is 7.91. The number of sulfonamides is 1. The fourth-order valence-corrected chi connectivity index (χ4v) is 8.12. The molecule has 4 aliphatic rings. The molecule has 3 heterocycles. The van der Waals surface area contributed by atoms with Gasteiger partial charge in [-0.25, -0.2) is 27.7 Å². The number of benzene rings is 1. The number of amides is 4. The number of hydrogen-bond donors (Lipinski definition) is 3. The van der Waals surface area contributed by atoms with E-state index in [1.807, 2.05) is 0 Å². The SMILES string of the molecule is C=C[C@@H]1C[C@@]1(C(=O)NS(=O)(=O)C1CC1)[NH+]([NH-])C(=O)[C@@H]1C[C@@H](Oc2nccc3cc4c(cc23)OC(F)(F)O4)CN1C(=O)[C@@H](NC(=O)OC(C)(C)C)C(C)(C)C. The van der Waals surface area contributed by atoms with E-state index in [-0.39, 0.29) is 42.2 Å². The molecule has 2 aliphatic heterocycles. The summed E-state index contributed by atoms with van der Waals surface area (Å²) in [7, 11) is -4.03. The monoisotopic (exact) mass is 778 g/mol. The lowest BCUT2D eigenvalue weighted by atomic mass is 9.85. The highest BCUT2D eigenvalue weighted by Crippen LogP contribution is 2.45. The van der Waals surface area contributed by atoms with Gasteiger partial charge in [-0.05, 0) is 62.6 Å². The van der Waals surface area contributed by atoms with Crippen molar-refractivity contribution >= 4 is 44.6 Å². The van der Waals surface area contributed by atoms with Crippen LogP contribution >= 0.6 is 0 Å². The molecular formula is C35H44F2N6O10S. The third kappa shape index (κ3) is 7.66. The molecule has 6 rings (SSSR count). The van der Waals surface area contributed by atoms with Crippen molar-refractivity contribution in [2.75, 3.05) is 6.54 Å². The smallest absolute Gasteiger partial charge is 0.472 e. The average Bonchev–Trinajstić information content (AvgIpc) is 3.96. The van der Waals surface area contributed by atoms with E-state index in [4.69, 9.17) is 15.3 Å². The number of aromatic nitrogens is 1. The van der Waals surface area contributed by atoms with E-state index in [2.05, 4.69) is 31.1 Å². The predicted molar refractivity (Wildman–Crippen MR) is 187 cm³/mol. The first-order chi connectivity index (χ1) is 25.0. The Hall–Kier alpha value is -4.62. The first kappa shape index (κ1) is 39.1. The van der Waals surface area contributed by atoms with Gasteiger partial charge >= 0.3 is 18.3 Å². The van der Waals surface area contributed by atoms with E-state index in [0.29, 0.717) is 18.2 Å². The number of nitrogens with zero attached hydrogens (tertiary/aromatic N) is 2. The van der Waals surface area contributed by atoms with Gasteiger partial charge in [0.2, 0.25) is 21.8 Å². The van der Waals surface area contributed by atoms with E-state index in [1.54, 1.807) is 41.5 Å². The Morgan fingerprint density at radius 2 is 1.78 bits per heavy atom. The lowest BCUT2D eigenvalue weighted by Gasteiger charge is -2.37. The van der Waals surface area contributed by atoms with Gasteiger partial charge in [0.15, 0.2) is 17.0 Å². The van der Waals surface area contributed by atoms with Gasteiger partial charge in [0.25, 0.3) is 5.91 Å². The van der Waals surface area contributed by atoms with E-state index in [1.165, 1.54) is 30.5 Å². The van der Waals surface area contributed by atoms with Crippen LogP contribution in [0.25, 0.3) is 16.6 Å². The molecule has 4 amide bonds. The number of likely N-dealkylation sites (tertiary alicyclic amines) is 1. The van der Waals surface area contributed by atoms with E-state index in [9.17, 15) is 36.4 Å². The van der Waals surface area contributed by atoms with Crippen LogP contribution in [-0.4, -0.2) is 89.5 Å². The summed E-state index contributed by atoms with van der Waals surface area (Å²) in [6.07, 6.45) is -2.49. The molecule has 2 aliphatic carbocycles. The van der Waals surface area contributed by atoms with E-state index < -0.39 is 91.1 Å². The van der Waals surface area contributed by atoms with Crippen LogP contribution in [0.4, 0.5) is 13.6 Å². The Kier molecular flexibility index (Phi) is 9.62. The molecule has 1 unspecified atom stereocenters. The minimum Gasteiger partial charge on any atom is -0.472 e. The second kappa shape index (κ2) is 13.3. The van der Waals surface area contributed by atoms with Gasteiger partial charge < -0.3 is 40.0 Å². The topological polar surface area (TPSA) is 208 Å². The van der Waals surface area contributed by atoms with E-state index in [0.717, 1.165) is 4.90 Å². The van der Waals surface area contributed by atoms with Crippen LogP contribution < -0.4 is 29.3 Å². The molecule has 19 heteroatoms. The van der Waals surface area contributed by atoms with Crippen LogP contribution in [0.2, 0.25) is 0 Å². The summed E-state index contributed by atoms with van der Waals surface area (Å²) in [5, 5.41) is 1.84. The summed E-state index contributed by atoms with van der Waals surface area (Å²) in [4.78, 5) is 60.9. The molecule has 1 saturated heterocycles. The number of alkyl carbamates (subject to hydrolysis) is 1. The standard InChI is InChI=1S/C35H44F2N6O10S/c1-8-19-16-34(19,30(46)41-54(48,49)21-9-10-21)43(38)28(44)23-14-20(17-42(23)29(45)26(32(2,3)4)40-31(47)53-33(5,6)7)50-27-22-15-25-24(51-35(36,37)52-25)13-18(22)11-12-39-27/h8,11-13,15,19-21,23,26,38,43H,1,9-10,14,16-17H2,2-7H3,(H,40,47)(H,41,46)/t19-,20-,23+,26-,34-/m1/s1. The zero-order chi connectivity index (χ0) is 39.8. The molecule has 3 fully saturated rings. The molecule has 0 bridgehead atoms. The van der Waals surface area contributed by atoms with Gasteiger partial charge in [0.1, 0.15) is 23.8 Å². The van der Waals surface area contributed by atoms with Crippen molar-refractivity contribution in [3.63, 3.8) is 0 Å². The number of carbonyl (C=O) groups is 4. The van der Waals surface area contributed by atoms with Crippen molar-refractivity contribution in [1.82, 2.24) is 19.9 Å². The molecule has 4 N–H and O–H groups in total. The van der Waals surface area contributed by atoms with Gasteiger partial charge in [0, 0.05) is 30.3 Å². The lowest BCUT2D eigenvalue weighted by Crippen LogP contribution is -3.17. The summed E-state index contributed by atoms with van der Waals surface area (Å²) in [6.45, 7) is 13.5. The highest BCUT2D eigenvalue weighted by Gasteiger charge is 2.68. The summed E-state index contributed by atoms with van der Waals surface area (Å²) >= 11 is 0. The van der Waals surface area contributed by atoms with Gasteiger partial charge in [-0.2, -0.15) is 0 Å². The van der Waals surface area contributed by atoms with Crippen LogP contribution in [0.3, 0.4) is 0 Å². The van der Waals surface area contributed by atoms with Crippen LogP contribution in [0.1, 0.15) is 67.2 Å². The maximum absolute atomic E-state index is 14.5. The van der Waals surface area contributed by atoms with Gasteiger partial charge in [-0.3, -0.25) is 9.59 Å². The summed E-state index contributed by atoms with van der Waals surface area (Å²) in [6, 6.07) is 1.47. The Morgan fingerprint density at radius 3 is 2.35 bits per heavy atom. The number of pyridine rings is 1. The summed E-state index contributed by atoms with van der Waals surface area (Å²) in [5.74, 6) is 5.18. The maximum atomic E-state index is 14.5. The zero-order valence-corrected chi connectivity index (χ0v) is 31.5. The molecule has 1 aromatic heterocycles. The first-order valence-electron chi connectivity index (χ1n) is 17.4. The Morgan fingerprint density at radius 1 is 1.13 bits per heavy atom. The average molecular weight is 779 g/mol. The maximum Gasteiger partial charge on any atom is 0.586 e. The van der Waals surface area contributed by atoms with Crippen molar-refractivity contribution in [1.29, 1.82) is 0 Å². The van der Waals surface area contributed by atoms with Crippen molar-refractivity contribution in [2.45, 2.75) is 108 Å². The highest BCUT2D eigenvalue weighted by atomic mass is 32.2. The second-order valence-electron chi connectivity index (χ2n) is 16.2. The normalized spacial score (nSPS) is 25.7. The third-order valence-electron chi connectivity index (χ3n) is 9.75. The second-order valence-corrected chi connectivity index (χ2v) is 18.1. The number of nitrogens with one attached hydrogen (secondary N) is 4. The van der Waals surface area contributed by atoms with Gasteiger partial charge in [0.05, 0.1) is 11.8 Å². The fraction of sp³-hybridized carbons (Fsp3) is 0.571. The number of rotatable bonds is 10. The Labute approximate surface area is 310 Å². The summed E-state index contributed by atoms with van der Waals surface area (Å²) < 4.78 is 76.1. The van der Waals surface area contributed by atoms with Crippen LogP contribution in [-0.2, 0) is 29.1 Å². The van der Waals surface area contributed by atoms with Crippen LogP contribution in [0.15, 0.2) is 37.1 Å². The molecule has 16 nitrogen and oxygen atoms in total. The number of fused-ring (bicyclic) bond motifs is 2. The molecule has 0 radical (unpaired) electrons. The molecule has 2 saturated carbocycles. The lowest BCUT2D eigenvalue weighted by molar-refractivity contribution is -0.799. The van der Waals surface area contributed by atoms with Crippen LogP contribution in [0, 0.1) is 11.3 Å². The summed E-state index contributed by atoms with van der Waals surface area (Å²) in [5.41, 5.74) is -3.67. The number of quaternary nitrogens is 1. The van der Waals surface area contributed by atoms with Gasteiger partial charge in [-0.1, -0.05) is 26.8 Å². The van der Waals surface area contributed by atoms with Gasteiger partial charge in [-0.15, -0.1) is 15.4 Å². The Balaban J connectivity index is 1.33. The number of halogens is 2. The quantitative estimate of drug-likeness (QED) is 0.236. The molecule has 0 spiro atoms. The number of ether oxygens (including phenoxy) is 4. The molecule has 54 heavy (non-hydrogen) atoms. The third-order valence-corrected chi connectivity index (χ3v) is 11.6. The predicted octanol–water partition coefficient (Wildman–Crippen LogP) is 2.78. The largest absolute Gasteiger partial charge is 0.586 e. The van der Waals surface area contributed by atoms with Crippen molar-refractivity contribution in [3.05, 3.63) is 42.9 Å². The molecule has 6 atom stereocenters. The molecular weight excluding hydrogens is 734 g/mol. The fourth-order valence-electron chi connectivity index (χ4n) is 6.76. The number of hydrogen-bond acceptors (Lipinski definition) is 11. The number of alkyl halides is 2. The van der Waals surface area contributed by atoms with Crippen molar-refractivity contribution < 1.29 is 60.3 Å². The van der Waals surface area contributed by atoms with Crippen molar-refractivity contribution in [2.24, 2.45) is 11.3 Å². The van der Waals surface area contributed by atoms with Crippen LogP contribution in [0.5, 0.6) is 17.4 Å². The molecule has 1 aromatic carbocycles. The zero-order valence-electron chi connectivity index (χ0n) is 30.7. The Bertz CT molecular complexity index is 2010. The number of carbonyl (C=O) groups excluding carboxylic acids is 4. The first-order valence-corrected chi connectivity index (χ1v) is 19.0. The van der Waals surface area contributed by atoms with E-state index >= 15 is 0 Å².